The summed E-state index contributed by atoms with van der Waals surface area (Å²) in [5.74, 6) is 2.55. The maximum Gasteiger partial charge on any atom is 0.0607 e. The van der Waals surface area contributed by atoms with Gasteiger partial charge in [-0.25, -0.2) is 0 Å². The van der Waals surface area contributed by atoms with Gasteiger partial charge in [-0.05, 0) is 25.0 Å². The molecule has 1 saturated heterocycles. The molecule has 0 bridgehead atoms. The minimum atomic E-state index is 0.731. The van der Waals surface area contributed by atoms with Gasteiger partial charge in [-0.1, -0.05) is 12.1 Å². The molecule has 2 aliphatic heterocycles. The number of para-hydroxylation sites is 1. The molecule has 1 aromatic carbocycles. The summed E-state index contributed by atoms with van der Waals surface area (Å²) in [6.07, 6.45) is 1.27. The maximum atomic E-state index is 3.60. The van der Waals surface area contributed by atoms with Crippen LogP contribution in [0.4, 0.5) is 11.4 Å². The monoisotopic (exact) mass is 234 g/mol. The predicted molar refractivity (Wildman–Crippen MR) is 72.7 cm³/mol. The highest BCUT2D eigenvalue weighted by Gasteiger charge is 2.27. The lowest BCUT2D eigenvalue weighted by molar-refractivity contribution is 0.625. The Labute approximate surface area is 101 Å². The Kier molecular flexibility index (Phi) is 2.72. The van der Waals surface area contributed by atoms with Crippen LogP contribution in [0.1, 0.15) is 12.0 Å². The van der Waals surface area contributed by atoms with Crippen molar-refractivity contribution in [2.75, 3.05) is 34.8 Å². The summed E-state index contributed by atoms with van der Waals surface area (Å²) in [5.41, 5.74) is 4.15. The standard InChI is InChI=1S/C13H18N2S/c1-10-3-2-4-12-13(10)14-6-5-11-9-16-8-7-15(11)12/h2-4,11,14H,5-9H2,1H3. The first-order valence-corrected chi connectivity index (χ1v) is 7.19. The van der Waals surface area contributed by atoms with Gasteiger partial charge < -0.3 is 10.2 Å². The molecule has 3 rings (SSSR count). The number of nitrogens with zero attached hydrogens (tertiary/aromatic N) is 1. The summed E-state index contributed by atoms with van der Waals surface area (Å²) in [7, 11) is 0. The molecule has 0 radical (unpaired) electrons. The highest BCUT2D eigenvalue weighted by Crippen LogP contribution is 2.36. The van der Waals surface area contributed by atoms with Crippen molar-refractivity contribution in [1.82, 2.24) is 0 Å². The van der Waals surface area contributed by atoms with Crippen LogP contribution in [0.3, 0.4) is 0 Å². The van der Waals surface area contributed by atoms with Gasteiger partial charge in [-0.3, -0.25) is 0 Å². The van der Waals surface area contributed by atoms with Crippen LogP contribution in [0, 0.1) is 6.92 Å². The Morgan fingerprint density at radius 3 is 3.31 bits per heavy atom. The van der Waals surface area contributed by atoms with Crippen molar-refractivity contribution < 1.29 is 0 Å². The average Bonchev–Trinajstić information content (AvgIpc) is 2.50. The van der Waals surface area contributed by atoms with Crippen molar-refractivity contribution in [2.24, 2.45) is 0 Å². The molecule has 2 aliphatic rings. The lowest BCUT2D eigenvalue weighted by atomic mass is 10.1. The second kappa shape index (κ2) is 4.21. The van der Waals surface area contributed by atoms with Crippen molar-refractivity contribution in [3.8, 4) is 0 Å². The molecule has 2 heterocycles. The summed E-state index contributed by atoms with van der Waals surface area (Å²) < 4.78 is 0. The summed E-state index contributed by atoms with van der Waals surface area (Å²) in [6.45, 7) is 4.51. The predicted octanol–water partition coefficient (Wildman–Crippen LogP) is 2.73. The van der Waals surface area contributed by atoms with Crippen molar-refractivity contribution in [3.05, 3.63) is 23.8 Å². The van der Waals surface area contributed by atoms with Gasteiger partial charge in [0, 0.05) is 30.6 Å². The number of hydrogen-bond donors (Lipinski definition) is 1. The van der Waals surface area contributed by atoms with Crippen LogP contribution >= 0.6 is 11.8 Å². The van der Waals surface area contributed by atoms with Gasteiger partial charge >= 0.3 is 0 Å². The molecule has 0 amide bonds. The molecular weight excluding hydrogens is 216 g/mol. The minimum Gasteiger partial charge on any atom is -0.383 e. The lowest BCUT2D eigenvalue weighted by Gasteiger charge is -2.36. The van der Waals surface area contributed by atoms with Crippen LogP contribution in [0.2, 0.25) is 0 Å². The van der Waals surface area contributed by atoms with E-state index in [1.165, 1.54) is 41.4 Å². The largest absolute Gasteiger partial charge is 0.383 e. The van der Waals surface area contributed by atoms with Gasteiger partial charge in [-0.2, -0.15) is 11.8 Å². The summed E-state index contributed by atoms with van der Waals surface area (Å²) in [6, 6.07) is 7.38. The third kappa shape index (κ3) is 1.67. The van der Waals surface area contributed by atoms with E-state index in [0.29, 0.717) is 0 Å². The average molecular weight is 234 g/mol. The summed E-state index contributed by atoms with van der Waals surface area (Å²) in [5, 5.41) is 3.60. The second-order valence-electron chi connectivity index (χ2n) is 4.61. The molecule has 1 fully saturated rings. The first kappa shape index (κ1) is 10.3. The number of aryl methyl sites for hydroxylation is 1. The molecule has 0 saturated carbocycles. The van der Waals surface area contributed by atoms with Crippen LogP contribution in [-0.4, -0.2) is 30.6 Å². The van der Waals surface area contributed by atoms with E-state index in [-0.39, 0.29) is 0 Å². The third-order valence-electron chi connectivity index (χ3n) is 3.57. The fourth-order valence-electron chi connectivity index (χ4n) is 2.70. The Morgan fingerprint density at radius 1 is 1.44 bits per heavy atom. The van der Waals surface area contributed by atoms with Crippen LogP contribution in [0.5, 0.6) is 0 Å². The molecule has 3 heteroatoms. The number of anilines is 2. The third-order valence-corrected chi connectivity index (χ3v) is 4.66. The van der Waals surface area contributed by atoms with Gasteiger partial charge in [0.25, 0.3) is 0 Å². The van der Waals surface area contributed by atoms with Crippen molar-refractivity contribution in [3.63, 3.8) is 0 Å². The SMILES string of the molecule is Cc1cccc2c1NCCC1CSCCN21. The molecule has 1 atom stereocenters. The van der Waals surface area contributed by atoms with Gasteiger partial charge in [0.1, 0.15) is 0 Å². The molecule has 16 heavy (non-hydrogen) atoms. The molecule has 0 aliphatic carbocycles. The molecule has 0 spiro atoms. The first-order valence-electron chi connectivity index (χ1n) is 6.04. The van der Waals surface area contributed by atoms with Crippen LogP contribution in [0.25, 0.3) is 0 Å². The van der Waals surface area contributed by atoms with E-state index in [1.54, 1.807) is 0 Å². The fraction of sp³-hybridized carbons (Fsp3) is 0.538. The number of rotatable bonds is 0. The molecule has 1 aromatic rings. The Morgan fingerprint density at radius 2 is 2.38 bits per heavy atom. The van der Waals surface area contributed by atoms with E-state index >= 15 is 0 Å². The van der Waals surface area contributed by atoms with E-state index in [1.807, 2.05) is 0 Å². The number of fused-ring (bicyclic) bond motifs is 3. The molecule has 2 nitrogen and oxygen atoms in total. The molecule has 1 N–H and O–H groups in total. The zero-order valence-electron chi connectivity index (χ0n) is 9.70. The van der Waals surface area contributed by atoms with Crippen LogP contribution < -0.4 is 10.2 Å². The topological polar surface area (TPSA) is 15.3 Å². The lowest BCUT2D eigenvalue weighted by Crippen LogP contribution is -2.42. The Hall–Kier alpha value is -0.830. The molecule has 86 valence electrons. The van der Waals surface area contributed by atoms with E-state index in [4.69, 9.17) is 0 Å². The zero-order valence-corrected chi connectivity index (χ0v) is 10.5. The van der Waals surface area contributed by atoms with E-state index in [2.05, 4.69) is 47.1 Å². The summed E-state index contributed by atoms with van der Waals surface area (Å²) >= 11 is 2.10. The maximum absolute atomic E-state index is 3.60. The Bertz CT molecular complexity index is 392. The van der Waals surface area contributed by atoms with Crippen LogP contribution in [-0.2, 0) is 0 Å². The normalized spacial score (nSPS) is 24.1. The van der Waals surface area contributed by atoms with Crippen molar-refractivity contribution >= 4 is 23.1 Å². The van der Waals surface area contributed by atoms with Gasteiger partial charge in [0.05, 0.1) is 11.4 Å². The van der Waals surface area contributed by atoms with Crippen LogP contribution in [0.15, 0.2) is 18.2 Å². The van der Waals surface area contributed by atoms with Crippen molar-refractivity contribution in [1.29, 1.82) is 0 Å². The molecular formula is C13H18N2S. The zero-order chi connectivity index (χ0) is 11.0. The van der Waals surface area contributed by atoms with Gasteiger partial charge in [0.2, 0.25) is 0 Å². The molecule has 0 aromatic heterocycles. The quantitative estimate of drug-likeness (QED) is 0.743. The Balaban J connectivity index is 2.04. The van der Waals surface area contributed by atoms with E-state index < -0.39 is 0 Å². The van der Waals surface area contributed by atoms with Gasteiger partial charge in [-0.15, -0.1) is 0 Å². The smallest absolute Gasteiger partial charge is 0.0607 e. The van der Waals surface area contributed by atoms with E-state index in [9.17, 15) is 0 Å². The fourth-order valence-corrected chi connectivity index (χ4v) is 3.81. The number of hydrogen-bond acceptors (Lipinski definition) is 3. The van der Waals surface area contributed by atoms with E-state index in [0.717, 1.165) is 12.6 Å². The number of thioether (sulfide) groups is 1. The summed E-state index contributed by atoms with van der Waals surface area (Å²) in [4.78, 5) is 2.61. The number of benzene rings is 1. The second-order valence-corrected chi connectivity index (χ2v) is 5.76. The van der Waals surface area contributed by atoms with Crippen molar-refractivity contribution in [2.45, 2.75) is 19.4 Å². The molecule has 1 unspecified atom stereocenters. The first-order chi connectivity index (χ1) is 7.86. The number of nitrogens with one attached hydrogen (secondary N) is 1. The minimum absolute atomic E-state index is 0.731. The van der Waals surface area contributed by atoms with Gasteiger partial charge in [0.15, 0.2) is 0 Å². The highest BCUT2D eigenvalue weighted by molar-refractivity contribution is 7.99. The highest BCUT2D eigenvalue weighted by atomic mass is 32.2.